The molecule has 0 saturated heterocycles. The minimum absolute atomic E-state index is 0.603. The van der Waals surface area contributed by atoms with Crippen molar-refractivity contribution in [3.05, 3.63) is 11.6 Å². The molecule has 2 atom stereocenters. The number of rotatable bonds is 6. The van der Waals surface area contributed by atoms with E-state index in [4.69, 9.17) is 0 Å². The Kier molecular flexibility index (Phi) is 6.97. The first kappa shape index (κ1) is 12.7. The second-order valence-electron chi connectivity index (χ2n) is 3.75. The third kappa shape index (κ3) is 4.47. The summed E-state index contributed by atoms with van der Waals surface area (Å²) in [4.78, 5) is 0. The normalized spacial score (nSPS) is 17.2. The molecule has 0 spiro atoms. The molecule has 1 heteroatoms. The van der Waals surface area contributed by atoms with Gasteiger partial charge in [-0.2, -0.15) is 0 Å². The summed E-state index contributed by atoms with van der Waals surface area (Å²) in [6, 6.07) is 0.603. The molecule has 0 aromatic heterocycles. The minimum Gasteiger partial charge on any atom is -0.314 e. The van der Waals surface area contributed by atoms with E-state index in [0.717, 1.165) is 6.54 Å². The monoisotopic (exact) mass is 183 g/mol. The Morgan fingerprint density at radius 2 is 1.92 bits per heavy atom. The van der Waals surface area contributed by atoms with E-state index in [0.29, 0.717) is 12.0 Å². The molecule has 0 aromatic carbocycles. The van der Waals surface area contributed by atoms with Gasteiger partial charge >= 0.3 is 0 Å². The first-order valence-electron chi connectivity index (χ1n) is 5.55. The molecule has 0 saturated carbocycles. The lowest BCUT2D eigenvalue weighted by Gasteiger charge is -2.23. The topological polar surface area (TPSA) is 12.0 Å². The fourth-order valence-electron chi connectivity index (χ4n) is 1.66. The summed E-state index contributed by atoms with van der Waals surface area (Å²) >= 11 is 0. The van der Waals surface area contributed by atoms with Gasteiger partial charge in [0.05, 0.1) is 0 Å². The summed E-state index contributed by atoms with van der Waals surface area (Å²) in [5.74, 6) is 0.668. The van der Waals surface area contributed by atoms with E-state index >= 15 is 0 Å². The maximum atomic E-state index is 3.54. The van der Waals surface area contributed by atoms with Crippen LogP contribution in [0.15, 0.2) is 11.6 Å². The standard InChI is InChI=1S/C12H25N/c1-6-9-13-11(5)10(4)12(7-2)8-3/h7,10-11,13H,6,8-9H2,1-5H3/b12-7-. The van der Waals surface area contributed by atoms with Crippen LogP contribution in [0, 0.1) is 5.92 Å². The maximum absolute atomic E-state index is 3.54. The first-order valence-corrected chi connectivity index (χ1v) is 5.55. The van der Waals surface area contributed by atoms with Crippen molar-refractivity contribution in [2.75, 3.05) is 6.54 Å². The van der Waals surface area contributed by atoms with E-state index in [-0.39, 0.29) is 0 Å². The summed E-state index contributed by atoms with van der Waals surface area (Å²) in [6.45, 7) is 12.3. The van der Waals surface area contributed by atoms with Gasteiger partial charge < -0.3 is 5.32 Å². The van der Waals surface area contributed by atoms with Crippen LogP contribution in [0.2, 0.25) is 0 Å². The Bertz CT molecular complexity index is 149. The van der Waals surface area contributed by atoms with E-state index in [2.05, 4.69) is 46.0 Å². The van der Waals surface area contributed by atoms with Crippen molar-refractivity contribution in [3.8, 4) is 0 Å². The highest BCUT2D eigenvalue weighted by molar-refractivity contribution is 5.06. The molecule has 0 bridgehead atoms. The Morgan fingerprint density at radius 3 is 2.31 bits per heavy atom. The van der Waals surface area contributed by atoms with Crippen LogP contribution in [0.25, 0.3) is 0 Å². The number of hydrogen-bond donors (Lipinski definition) is 1. The van der Waals surface area contributed by atoms with Crippen molar-refractivity contribution in [2.45, 2.75) is 53.5 Å². The lowest BCUT2D eigenvalue weighted by molar-refractivity contribution is 0.438. The molecule has 1 N–H and O–H groups in total. The average molecular weight is 183 g/mol. The fraction of sp³-hybridized carbons (Fsp3) is 0.833. The first-order chi connectivity index (χ1) is 6.17. The molecule has 0 aliphatic heterocycles. The van der Waals surface area contributed by atoms with Gasteiger partial charge in [0, 0.05) is 6.04 Å². The van der Waals surface area contributed by atoms with Crippen LogP contribution < -0.4 is 5.32 Å². The predicted molar refractivity (Wildman–Crippen MR) is 61.0 cm³/mol. The van der Waals surface area contributed by atoms with Crippen molar-refractivity contribution in [1.82, 2.24) is 5.32 Å². The number of allylic oxidation sites excluding steroid dienone is 1. The average Bonchev–Trinajstić information content (AvgIpc) is 2.15. The molecule has 0 amide bonds. The van der Waals surface area contributed by atoms with E-state index in [9.17, 15) is 0 Å². The molecule has 78 valence electrons. The van der Waals surface area contributed by atoms with Crippen LogP contribution in [0.4, 0.5) is 0 Å². The van der Waals surface area contributed by atoms with Gasteiger partial charge in [-0.15, -0.1) is 0 Å². The van der Waals surface area contributed by atoms with Crippen molar-refractivity contribution in [2.24, 2.45) is 5.92 Å². The Morgan fingerprint density at radius 1 is 1.31 bits per heavy atom. The largest absolute Gasteiger partial charge is 0.314 e. The summed E-state index contributed by atoms with van der Waals surface area (Å²) in [6.07, 6.45) is 4.65. The summed E-state index contributed by atoms with van der Waals surface area (Å²) < 4.78 is 0. The summed E-state index contributed by atoms with van der Waals surface area (Å²) in [5.41, 5.74) is 1.57. The highest BCUT2D eigenvalue weighted by Crippen LogP contribution is 2.17. The molecule has 13 heavy (non-hydrogen) atoms. The Labute approximate surface area is 83.6 Å². The van der Waals surface area contributed by atoms with Crippen molar-refractivity contribution in [3.63, 3.8) is 0 Å². The van der Waals surface area contributed by atoms with Gasteiger partial charge in [0.2, 0.25) is 0 Å². The van der Waals surface area contributed by atoms with Gasteiger partial charge in [0.15, 0.2) is 0 Å². The molecule has 0 fully saturated rings. The molecule has 0 rings (SSSR count). The maximum Gasteiger partial charge on any atom is 0.0102 e. The van der Waals surface area contributed by atoms with Crippen LogP contribution in [-0.4, -0.2) is 12.6 Å². The lowest BCUT2D eigenvalue weighted by Crippen LogP contribution is -2.33. The molecular formula is C12H25N. The van der Waals surface area contributed by atoms with Gasteiger partial charge in [0.25, 0.3) is 0 Å². The lowest BCUT2D eigenvalue weighted by atomic mass is 9.92. The van der Waals surface area contributed by atoms with Crippen molar-refractivity contribution < 1.29 is 0 Å². The third-order valence-electron chi connectivity index (χ3n) is 2.83. The molecule has 0 heterocycles. The fourth-order valence-corrected chi connectivity index (χ4v) is 1.66. The number of hydrogen-bond acceptors (Lipinski definition) is 1. The van der Waals surface area contributed by atoms with E-state index < -0.39 is 0 Å². The van der Waals surface area contributed by atoms with Gasteiger partial charge in [-0.25, -0.2) is 0 Å². The smallest absolute Gasteiger partial charge is 0.0102 e. The number of nitrogens with one attached hydrogen (secondary N) is 1. The van der Waals surface area contributed by atoms with Crippen LogP contribution in [0.5, 0.6) is 0 Å². The SMILES string of the molecule is C/C=C(/CC)C(C)C(C)NCCC. The summed E-state index contributed by atoms with van der Waals surface area (Å²) in [7, 11) is 0. The van der Waals surface area contributed by atoms with Gasteiger partial charge in [-0.1, -0.05) is 32.4 Å². The van der Waals surface area contributed by atoms with Gasteiger partial charge in [-0.3, -0.25) is 0 Å². The minimum atomic E-state index is 0.603. The van der Waals surface area contributed by atoms with Crippen LogP contribution in [0.1, 0.15) is 47.5 Å². The zero-order valence-electron chi connectivity index (χ0n) is 9.85. The van der Waals surface area contributed by atoms with Crippen molar-refractivity contribution in [1.29, 1.82) is 0 Å². The van der Waals surface area contributed by atoms with Crippen LogP contribution in [0.3, 0.4) is 0 Å². The second kappa shape index (κ2) is 7.14. The highest BCUT2D eigenvalue weighted by Gasteiger charge is 2.13. The molecule has 0 aliphatic rings. The van der Waals surface area contributed by atoms with Crippen LogP contribution in [-0.2, 0) is 0 Å². The van der Waals surface area contributed by atoms with E-state index in [1.807, 2.05) is 0 Å². The molecule has 2 unspecified atom stereocenters. The van der Waals surface area contributed by atoms with E-state index in [1.54, 1.807) is 5.57 Å². The van der Waals surface area contributed by atoms with Gasteiger partial charge in [0.1, 0.15) is 0 Å². The highest BCUT2D eigenvalue weighted by atomic mass is 14.9. The molecule has 0 aliphatic carbocycles. The zero-order chi connectivity index (χ0) is 10.3. The predicted octanol–water partition coefficient (Wildman–Crippen LogP) is 3.37. The Hall–Kier alpha value is -0.300. The quantitative estimate of drug-likeness (QED) is 0.623. The second-order valence-corrected chi connectivity index (χ2v) is 3.75. The van der Waals surface area contributed by atoms with E-state index in [1.165, 1.54) is 12.8 Å². The Balaban J connectivity index is 3.99. The molecule has 0 radical (unpaired) electrons. The van der Waals surface area contributed by atoms with Crippen molar-refractivity contribution >= 4 is 0 Å². The summed E-state index contributed by atoms with van der Waals surface area (Å²) in [5, 5.41) is 3.54. The molecule has 1 nitrogen and oxygen atoms in total. The molecule has 0 aromatic rings. The third-order valence-corrected chi connectivity index (χ3v) is 2.83. The molecular weight excluding hydrogens is 158 g/mol. The van der Waals surface area contributed by atoms with Crippen LogP contribution >= 0.6 is 0 Å². The zero-order valence-corrected chi connectivity index (χ0v) is 9.85. The van der Waals surface area contributed by atoms with Gasteiger partial charge in [-0.05, 0) is 39.2 Å².